The summed E-state index contributed by atoms with van der Waals surface area (Å²) < 4.78 is 9.25. The predicted molar refractivity (Wildman–Crippen MR) is 79.5 cm³/mol. The van der Waals surface area contributed by atoms with Gasteiger partial charge in [-0.25, -0.2) is 9.59 Å². The predicted octanol–water partition coefficient (Wildman–Crippen LogP) is 1.36. The molecule has 0 heterocycles. The number of aliphatic hydroxyl groups excluding tert-OH is 2. The van der Waals surface area contributed by atoms with Crippen molar-refractivity contribution in [2.45, 2.75) is 45.8 Å². The van der Waals surface area contributed by atoms with Gasteiger partial charge >= 0.3 is 11.9 Å². The third-order valence-electron chi connectivity index (χ3n) is 2.17. The molecule has 0 aliphatic rings. The van der Waals surface area contributed by atoms with E-state index in [1.54, 1.807) is 13.8 Å². The Morgan fingerprint density at radius 1 is 1.29 bits per heavy atom. The normalized spacial score (nSPS) is 12.2. The summed E-state index contributed by atoms with van der Waals surface area (Å²) in [7, 11) is 0. The van der Waals surface area contributed by atoms with Gasteiger partial charge in [0.2, 0.25) is 0 Å². The molecule has 122 valence electrons. The van der Waals surface area contributed by atoms with Gasteiger partial charge in [0.1, 0.15) is 6.61 Å². The van der Waals surface area contributed by atoms with Crippen molar-refractivity contribution in [1.29, 1.82) is 0 Å². The first-order valence-electron chi connectivity index (χ1n) is 6.72. The van der Waals surface area contributed by atoms with E-state index >= 15 is 0 Å². The molecule has 0 amide bonds. The van der Waals surface area contributed by atoms with Crippen LogP contribution in [0.25, 0.3) is 0 Å². The van der Waals surface area contributed by atoms with Crippen LogP contribution >= 0.6 is 0 Å². The van der Waals surface area contributed by atoms with Crippen molar-refractivity contribution in [2.75, 3.05) is 13.2 Å². The summed E-state index contributed by atoms with van der Waals surface area (Å²) in [6, 6.07) is 0. The van der Waals surface area contributed by atoms with E-state index in [-0.39, 0.29) is 13.2 Å². The van der Waals surface area contributed by atoms with Crippen LogP contribution in [-0.4, -0.2) is 47.6 Å². The van der Waals surface area contributed by atoms with Gasteiger partial charge in [-0.15, -0.1) is 0 Å². The van der Waals surface area contributed by atoms with Crippen LogP contribution in [0.1, 0.15) is 33.6 Å². The van der Waals surface area contributed by atoms with Crippen LogP contribution < -0.4 is 0 Å². The zero-order chi connectivity index (χ0) is 16.8. The first-order chi connectivity index (χ1) is 9.74. The van der Waals surface area contributed by atoms with Crippen LogP contribution in [-0.2, 0) is 19.1 Å². The van der Waals surface area contributed by atoms with E-state index in [1.807, 2.05) is 6.92 Å². The number of carbonyl (C=O) groups is 2. The second kappa shape index (κ2) is 13.3. The SMILES string of the molecule is C=C(C)C(=O)OCC(O)CC.C=CC(=O)OCCC(C)O. The largest absolute Gasteiger partial charge is 0.462 e. The lowest BCUT2D eigenvalue weighted by molar-refractivity contribution is -0.142. The molecule has 6 heteroatoms. The Kier molecular flexibility index (Phi) is 13.7. The summed E-state index contributed by atoms with van der Waals surface area (Å²) in [5, 5.41) is 17.7. The van der Waals surface area contributed by atoms with Gasteiger partial charge in [0.25, 0.3) is 0 Å². The lowest BCUT2D eigenvalue weighted by Gasteiger charge is -2.07. The number of ether oxygens (including phenoxy) is 2. The molecule has 0 rings (SSSR count). The Hall–Kier alpha value is -1.66. The minimum absolute atomic E-state index is 0.0577. The molecule has 0 saturated carbocycles. The molecule has 2 atom stereocenters. The number of rotatable bonds is 8. The van der Waals surface area contributed by atoms with E-state index in [1.165, 1.54) is 0 Å². The lowest BCUT2D eigenvalue weighted by Crippen LogP contribution is -2.17. The fourth-order valence-electron chi connectivity index (χ4n) is 0.802. The molecule has 2 unspecified atom stereocenters. The summed E-state index contributed by atoms with van der Waals surface area (Å²) in [4.78, 5) is 21.1. The highest BCUT2D eigenvalue weighted by Gasteiger charge is 2.06. The smallest absolute Gasteiger partial charge is 0.333 e. The quantitative estimate of drug-likeness (QED) is 0.519. The van der Waals surface area contributed by atoms with Gasteiger partial charge in [-0.3, -0.25) is 0 Å². The topological polar surface area (TPSA) is 93.1 Å². The van der Waals surface area contributed by atoms with Crippen molar-refractivity contribution in [3.63, 3.8) is 0 Å². The average molecular weight is 302 g/mol. The molecule has 0 radical (unpaired) electrons. The Morgan fingerprint density at radius 2 is 1.86 bits per heavy atom. The standard InChI is InChI=1S/C8H14O3.C7H12O3/c1-4-7(9)5-11-8(10)6(2)3;1-3-7(9)10-5-4-6(2)8/h7,9H,2,4-5H2,1,3H3;3,6,8H,1,4-5H2,2H3. The van der Waals surface area contributed by atoms with Crippen LogP contribution in [0.2, 0.25) is 0 Å². The van der Waals surface area contributed by atoms with Gasteiger partial charge < -0.3 is 19.7 Å². The molecular formula is C15H26O6. The summed E-state index contributed by atoms with van der Waals surface area (Å²) >= 11 is 0. The van der Waals surface area contributed by atoms with Crippen LogP contribution in [0.5, 0.6) is 0 Å². The molecule has 0 saturated heterocycles. The Bertz CT molecular complexity index is 335. The molecule has 0 aromatic rings. The molecule has 0 spiro atoms. The van der Waals surface area contributed by atoms with Crippen molar-refractivity contribution >= 4 is 11.9 Å². The first-order valence-corrected chi connectivity index (χ1v) is 6.72. The number of aliphatic hydroxyl groups is 2. The van der Waals surface area contributed by atoms with E-state index in [0.717, 1.165) is 6.08 Å². The summed E-state index contributed by atoms with van der Waals surface area (Å²) in [5.41, 5.74) is 0.355. The number of hydrogen-bond donors (Lipinski definition) is 2. The highest BCUT2D eigenvalue weighted by atomic mass is 16.5. The fraction of sp³-hybridized carbons (Fsp3) is 0.600. The van der Waals surface area contributed by atoms with E-state index in [2.05, 4.69) is 22.6 Å². The maximum atomic E-state index is 10.7. The van der Waals surface area contributed by atoms with Crippen molar-refractivity contribution in [3.05, 3.63) is 24.8 Å². The minimum atomic E-state index is -0.557. The molecule has 0 aromatic carbocycles. The molecule has 0 aliphatic carbocycles. The summed E-state index contributed by atoms with van der Waals surface area (Å²) in [6.07, 6.45) is 1.18. The van der Waals surface area contributed by atoms with Crippen molar-refractivity contribution in [1.82, 2.24) is 0 Å². The van der Waals surface area contributed by atoms with Crippen LogP contribution in [0.3, 0.4) is 0 Å². The Labute approximate surface area is 126 Å². The molecule has 0 aromatic heterocycles. The highest BCUT2D eigenvalue weighted by Crippen LogP contribution is 1.96. The van der Waals surface area contributed by atoms with Crippen LogP contribution in [0, 0.1) is 0 Å². The van der Waals surface area contributed by atoms with Gasteiger partial charge in [-0.05, 0) is 20.3 Å². The number of carbonyl (C=O) groups excluding carboxylic acids is 2. The van der Waals surface area contributed by atoms with Crippen molar-refractivity contribution < 1.29 is 29.3 Å². The minimum Gasteiger partial charge on any atom is -0.462 e. The van der Waals surface area contributed by atoms with Crippen molar-refractivity contribution in [3.8, 4) is 0 Å². The molecule has 2 N–H and O–H groups in total. The zero-order valence-electron chi connectivity index (χ0n) is 13.0. The van der Waals surface area contributed by atoms with E-state index in [9.17, 15) is 9.59 Å². The maximum absolute atomic E-state index is 10.7. The third kappa shape index (κ3) is 16.3. The molecule has 6 nitrogen and oxygen atoms in total. The second-order valence-electron chi connectivity index (χ2n) is 4.45. The Morgan fingerprint density at radius 3 is 2.24 bits per heavy atom. The highest BCUT2D eigenvalue weighted by molar-refractivity contribution is 5.86. The van der Waals surface area contributed by atoms with Crippen LogP contribution in [0.4, 0.5) is 0 Å². The van der Waals surface area contributed by atoms with Gasteiger partial charge in [-0.1, -0.05) is 20.1 Å². The van der Waals surface area contributed by atoms with E-state index < -0.39 is 24.1 Å². The van der Waals surface area contributed by atoms with Gasteiger partial charge in [0.15, 0.2) is 0 Å². The first kappa shape index (κ1) is 21.6. The molecular weight excluding hydrogens is 276 g/mol. The van der Waals surface area contributed by atoms with E-state index in [4.69, 9.17) is 10.2 Å². The monoisotopic (exact) mass is 302 g/mol. The van der Waals surface area contributed by atoms with Crippen LogP contribution in [0.15, 0.2) is 24.8 Å². The zero-order valence-corrected chi connectivity index (χ0v) is 13.0. The van der Waals surface area contributed by atoms with E-state index in [0.29, 0.717) is 18.4 Å². The molecule has 0 fully saturated rings. The fourth-order valence-corrected chi connectivity index (χ4v) is 0.802. The molecule has 0 aliphatic heterocycles. The maximum Gasteiger partial charge on any atom is 0.333 e. The second-order valence-corrected chi connectivity index (χ2v) is 4.45. The van der Waals surface area contributed by atoms with Gasteiger partial charge in [0, 0.05) is 18.1 Å². The number of hydrogen-bond acceptors (Lipinski definition) is 6. The Balaban J connectivity index is 0. The van der Waals surface area contributed by atoms with Gasteiger partial charge in [-0.2, -0.15) is 0 Å². The summed E-state index contributed by atoms with van der Waals surface area (Å²) in [5.74, 6) is -0.891. The third-order valence-corrected chi connectivity index (χ3v) is 2.17. The molecule has 21 heavy (non-hydrogen) atoms. The van der Waals surface area contributed by atoms with Gasteiger partial charge in [0.05, 0.1) is 18.8 Å². The molecule has 0 bridgehead atoms. The lowest BCUT2D eigenvalue weighted by atomic mass is 10.3. The van der Waals surface area contributed by atoms with Crippen molar-refractivity contribution in [2.24, 2.45) is 0 Å². The number of esters is 2. The summed E-state index contributed by atoms with van der Waals surface area (Å²) in [6.45, 7) is 12.0. The average Bonchev–Trinajstić information content (AvgIpc) is 2.44.